The molecule has 2 amide bonds. The zero-order valence-corrected chi connectivity index (χ0v) is 29.4. The molecular weight excluding hydrogens is 706 g/mol. The molecule has 1 aliphatic carbocycles. The van der Waals surface area contributed by atoms with Crippen molar-refractivity contribution < 1.29 is 35.6 Å². The molecule has 0 spiro atoms. The third-order valence-electron chi connectivity index (χ3n) is 8.95. The first-order valence-electron chi connectivity index (χ1n) is 16.6. The number of sulfonamides is 1. The van der Waals surface area contributed by atoms with Gasteiger partial charge in [0, 0.05) is 24.6 Å². The Morgan fingerprint density at radius 1 is 0.902 bits per heavy atom. The van der Waals surface area contributed by atoms with E-state index in [0.29, 0.717) is 15.9 Å². The number of amides is 2. The molecule has 13 heteroatoms. The first-order chi connectivity index (χ1) is 24.2. The molecule has 4 aromatic carbocycles. The second kappa shape index (κ2) is 16.3. The van der Waals surface area contributed by atoms with Crippen LogP contribution in [-0.4, -0.2) is 43.8 Å². The van der Waals surface area contributed by atoms with Crippen molar-refractivity contribution >= 4 is 39.1 Å². The van der Waals surface area contributed by atoms with Gasteiger partial charge in [0.2, 0.25) is 11.8 Å². The molecular formula is C38H38ClF4N3O4S. The topological polar surface area (TPSA) is 86.8 Å². The predicted molar refractivity (Wildman–Crippen MR) is 188 cm³/mol. The van der Waals surface area contributed by atoms with Crippen LogP contribution in [0.15, 0.2) is 102 Å². The molecule has 4 aromatic rings. The molecule has 5 rings (SSSR count). The number of carbonyl (C=O) groups is 2. The van der Waals surface area contributed by atoms with Gasteiger partial charge in [-0.2, -0.15) is 13.2 Å². The number of anilines is 1. The highest BCUT2D eigenvalue weighted by atomic mass is 35.5. The largest absolute Gasteiger partial charge is 0.417 e. The molecule has 0 saturated heterocycles. The lowest BCUT2D eigenvalue weighted by atomic mass is 9.94. The zero-order valence-electron chi connectivity index (χ0n) is 27.9. The first-order valence-corrected chi connectivity index (χ1v) is 18.4. The molecule has 270 valence electrons. The number of alkyl halides is 3. The fourth-order valence-corrected chi connectivity index (χ4v) is 7.79. The predicted octanol–water partition coefficient (Wildman–Crippen LogP) is 8.09. The molecule has 0 bridgehead atoms. The molecule has 7 nitrogen and oxygen atoms in total. The summed E-state index contributed by atoms with van der Waals surface area (Å²) in [6.07, 6.45) is -0.589. The lowest BCUT2D eigenvalue weighted by Gasteiger charge is -2.35. The molecule has 0 radical (unpaired) electrons. The highest BCUT2D eigenvalue weighted by Gasteiger charge is 2.38. The number of nitrogens with zero attached hydrogens (tertiary/aromatic N) is 2. The maximum atomic E-state index is 15.2. The van der Waals surface area contributed by atoms with Gasteiger partial charge in [0.25, 0.3) is 10.0 Å². The lowest BCUT2D eigenvalue weighted by Crippen LogP contribution is -2.55. The third-order valence-corrected chi connectivity index (χ3v) is 11.1. The molecule has 0 aromatic heterocycles. The zero-order chi connectivity index (χ0) is 36.8. The van der Waals surface area contributed by atoms with E-state index >= 15 is 4.39 Å². The van der Waals surface area contributed by atoms with Gasteiger partial charge in [0.15, 0.2) is 0 Å². The van der Waals surface area contributed by atoms with Gasteiger partial charge in [-0.3, -0.25) is 13.9 Å². The number of aryl methyl sites for hydroxylation is 1. The minimum Gasteiger partial charge on any atom is -0.352 e. The van der Waals surface area contributed by atoms with Gasteiger partial charge >= 0.3 is 6.18 Å². The van der Waals surface area contributed by atoms with Crippen molar-refractivity contribution in [1.82, 2.24) is 10.2 Å². The second-order valence-electron chi connectivity index (χ2n) is 12.6. The number of carbonyl (C=O) groups excluding carboxylic acids is 2. The third kappa shape index (κ3) is 9.48. The quantitative estimate of drug-likeness (QED) is 0.149. The highest BCUT2D eigenvalue weighted by molar-refractivity contribution is 7.92. The molecule has 0 heterocycles. The normalized spacial score (nSPS) is 14.5. The standard InChI is InChI=1S/C38H38ClF4N3O4S/c1-26-16-19-31(20-17-26)51(49,50)46(30-18-21-33(39)32(23-30)38(41,42)43)25-36(47)45(24-28-12-8-9-15-34(28)40)35(22-27-10-4-2-5-11-27)37(48)44-29-13-6-3-7-14-29/h2,4-5,8-12,15-21,23,29,35H,3,6-7,13-14,22,24-25H2,1H3,(H,44,48). The van der Waals surface area contributed by atoms with E-state index in [1.807, 2.05) is 0 Å². The second-order valence-corrected chi connectivity index (χ2v) is 14.9. The first kappa shape index (κ1) is 37.8. The summed E-state index contributed by atoms with van der Waals surface area (Å²) < 4.78 is 86.2. The monoisotopic (exact) mass is 743 g/mol. The number of hydrogen-bond acceptors (Lipinski definition) is 4. The van der Waals surface area contributed by atoms with Crippen LogP contribution in [0.5, 0.6) is 0 Å². The van der Waals surface area contributed by atoms with Gasteiger partial charge in [0.1, 0.15) is 18.4 Å². The van der Waals surface area contributed by atoms with Crippen molar-refractivity contribution in [3.8, 4) is 0 Å². The van der Waals surface area contributed by atoms with Crippen LogP contribution >= 0.6 is 11.6 Å². The van der Waals surface area contributed by atoms with Crippen molar-refractivity contribution in [2.24, 2.45) is 0 Å². The lowest BCUT2D eigenvalue weighted by molar-refractivity contribution is -0.140. The Labute approximate surface area is 300 Å². The SMILES string of the molecule is Cc1ccc(S(=O)(=O)N(CC(=O)N(Cc2ccccc2F)C(Cc2ccccc2)C(=O)NC2CCCCC2)c2ccc(Cl)c(C(F)(F)F)c2)cc1. The average molecular weight is 744 g/mol. The van der Waals surface area contributed by atoms with Crippen LogP contribution in [0.3, 0.4) is 0 Å². The Bertz CT molecular complexity index is 1940. The van der Waals surface area contributed by atoms with E-state index in [9.17, 15) is 31.2 Å². The Morgan fingerprint density at radius 3 is 2.20 bits per heavy atom. The summed E-state index contributed by atoms with van der Waals surface area (Å²) in [5.41, 5.74) is -0.295. The van der Waals surface area contributed by atoms with Crippen molar-refractivity contribution in [2.75, 3.05) is 10.8 Å². The van der Waals surface area contributed by atoms with Crippen LogP contribution in [0.25, 0.3) is 0 Å². The number of nitrogens with one attached hydrogen (secondary N) is 1. The van der Waals surface area contributed by atoms with Crippen LogP contribution in [0.4, 0.5) is 23.2 Å². The van der Waals surface area contributed by atoms with Crippen LogP contribution in [0, 0.1) is 12.7 Å². The average Bonchev–Trinajstić information content (AvgIpc) is 3.10. The van der Waals surface area contributed by atoms with Crippen molar-refractivity contribution in [2.45, 2.75) is 75.1 Å². The maximum Gasteiger partial charge on any atom is 0.417 e. The summed E-state index contributed by atoms with van der Waals surface area (Å²) in [6.45, 7) is 0.303. The Morgan fingerprint density at radius 2 is 1.55 bits per heavy atom. The molecule has 0 aliphatic heterocycles. The van der Waals surface area contributed by atoms with E-state index in [1.54, 1.807) is 43.3 Å². The molecule has 1 atom stereocenters. The van der Waals surface area contributed by atoms with E-state index < -0.39 is 69.2 Å². The van der Waals surface area contributed by atoms with E-state index in [4.69, 9.17) is 11.6 Å². The van der Waals surface area contributed by atoms with Crippen LogP contribution in [-0.2, 0) is 38.8 Å². The molecule has 1 N–H and O–H groups in total. The van der Waals surface area contributed by atoms with Crippen molar-refractivity contribution in [1.29, 1.82) is 0 Å². The maximum absolute atomic E-state index is 15.2. The summed E-state index contributed by atoms with van der Waals surface area (Å²) in [6, 6.07) is 21.3. The molecule has 1 fully saturated rings. The summed E-state index contributed by atoms with van der Waals surface area (Å²) in [5.74, 6) is -2.09. The van der Waals surface area contributed by atoms with Gasteiger partial charge in [-0.15, -0.1) is 0 Å². The highest BCUT2D eigenvalue weighted by Crippen LogP contribution is 2.38. The summed E-state index contributed by atoms with van der Waals surface area (Å²) in [4.78, 5) is 29.6. The fourth-order valence-electron chi connectivity index (χ4n) is 6.16. The molecule has 1 saturated carbocycles. The number of halogens is 5. The minimum atomic E-state index is -4.94. The summed E-state index contributed by atoms with van der Waals surface area (Å²) in [7, 11) is -4.68. The Hall–Kier alpha value is -4.42. The Kier molecular flexibility index (Phi) is 12.1. The van der Waals surface area contributed by atoms with Gasteiger partial charge < -0.3 is 10.2 Å². The minimum absolute atomic E-state index is 0.00344. The molecule has 1 aliphatic rings. The fraction of sp³-hybridized carbons (Fsp3) is 0.316. The Balaban J connectivity index is 1.62. The van der Waals surface area contributed by atoms with E-state index in [-0.39, 0.29) is 22.9 Å². The van der Waals surface area contributed by atoms with Crippen LogP contribution in [0.2, 0.25) is 5.02 Å². The van der Waals surface area contributed by atoms with Gasteiger partial charge in [-0.05, 0) is 61.7 Å². The number of hydrogen-bond donors (Lipinski definition) is 1. The van der Waals surface area contributed by atoms with E-state index in [2.05, 4.69) is 5.32 Å². The number of rotatable bonds is 12. The smallest absolute Gasteiger partial charge is 0.352 e. The van der Waals surface area contributed by atoms with Crippen molar-refractivity contribution in [3.05, 3.63) is 130 Å². The van der Waals surface area contributed by atoms with E-state index in [1.165, 1.54) is 42.5 Å². The van der Waals surface area contributed by atoms with Gasteiger partial charge in [-0.1, -0.05) is 97.1 Å². The molecule has 51 heavy (non-hydrogen) atoms. The van der Waals surface area contributed by atoms with Crippen molar-refractivity contribution in [3.63, 3.8) is 0 Å². The van der Waals surface area contributed by atoms with Crippen LogP contribution < -0.4 is 9.62 Å². The van der Waals surface area contributed by atoms with Crippen LogP contribution in [0.1, 0.15) is 54.4 Å². The number of benzene rings is 4. The van der Waals surface area contributed by atoms with E-state index in [0.717, 1.165) is 54.7 Å². The summed E-state index contributed by atoms with van der Waals surface area (Å²) >= 11 is 5.89. The van der Waals surface area contributed by atoms with Gasteiger partial charge in [-0.25, -0.2) is 12.8 Å². The van der Waals surface area contributed by atoms with Gasteiger partial charge in [0.05, 0.1) is 21.2 Å². The summed E-state index contributed by atoms with van der Waals surface area (Å²) in [5, 5.41) is 2.39. The molecule has 1 unspecified atom stereocenters.